The van der Waals surface area contributed by atoms with Gasteiger partial charge in [0, 0.05) is 13.0 Å². The molecule has 0 saturated heterocycles. The van der Waals surface area contributed by atoms with Crippen molar-refractivity contribution in [1.82, 2.24) is 16.0 Å². The molecule has 220 valence electrons. The summed E-state index contributed by atoms with van der Waals surface area (Å²) in [6, 6.07) is -0.526. The van der Waals surface area contributed by atoms with E-state index in [0.29, 0.717) is 5.56 Å². The molecule has 1 aromatic carbocycles. The summed E-state index contributed by atoms with van der Waals surface area (Å²) in [5, 5.41) is 43.4. The Kier molecular flexibility index (Phi) is 13.3. The number of phenols is 1. The van der Waals surface area contributed by atoms with Crippen LogP contribution in [0.2, 0.25) is 0 Å². The minimum absolute atomic E-state index is 0.0389. The number of nitrogens with zero attached hydrogens (tertiary/aromatic N) is 1. The summed E-state index contributed by atoms with van der Waals surface area (Å²) in [7, 11) is 0. The van der Waals surface area contributed by atoms with Crippen LogP contribution in [0.15, 0.2) is 29.3 Å². The molecule has 0 bridgehead atoms. The number of amides is 3. The first-order valence-electron chi connectivity index (χ1n) is 11.9. The standard InChI is InChI=1S/C23H33N7O10/c24-13(9-17(32)33)19(36)29-15(8-11-3-5-12(31)6-4-11)21(38)28-14(2-1-7-27-23(25)26)20(37)30-16(22(39)40)10-18(34)35/h3-6,13-16,31H,1-2,7-10,24H2,(H,28,38)(H,29,36)(H,30,37)(H,32,33)(H,34,35)(H,39,40)(H4,25,26,27). The Morgan fingerprint density at radius 3 is 1.82 bits per heavy atom. The van der Waals surface area contributed by atoms with Gasteiger partial charge in [0.15, 0.2) is 5.96 Å². The van der Waals surface area contributed by atoms with Crippen molar-refractivity contribution in [2.75, 3.05) is 6.54 Å². The zero-order chi connectivity index (χ0) is 30.4. The third-order valence-corrected chi connectivity index (χ3v) is 5.31. The van der Waals surface area contributed by atoms with Crippen LogP contribution in [0.4, 0.5) is 0 Å². The van der Waals surface area contributed by atoms with Gasteiger partial charge in [-0.1, -0.05) is 12.1 Å². The van der Waals surface area contributed by atoms with Crippen molar-refractivity contribution < 1.29 is 49.2 Å². The predicted molar refractivity (Wildman–Crippen MR) is 138 cm³/mol. The first kappa shape index (κ1) is 33.1. The summed E-state index contributed by atoms with van der Waals surface area (Å²) in [4.78, 5) is 75.8. The van der Waals surface area contributed by atoms with Gasteiger partial charge in [-0.25, -0.2) is 4.79 Å². The van der Waals surface area contributed by atoms with E-state index in [9.17, 15) is 39.0 Å². The summed E-state index contributed by atoms with van der Waals surface area (Å²) in [6.45, 7) is 0.0389. The third-order valence-electron chi connectivity index (χ3n) is 5.31. The molecule has 40 heavy (non-hydrogen) atoms. The highest BCUT2D eigenvalue weighted by atomic mass is 16.4. The zero-order valence-corrected chi connectivity index (χ0v) is 21.3. The van der Waals surface area contributed by atoms with Crippen molar-refractivity contribution in [1.29, 1.82) is 0 Å². The maximum absolute atomic E-state index is 13.3. The first-order chi connectivity index (χ1) is 18.7. The lowest BCUT2D eigenvalue weighted by Crippen LogP contribution is -2.57. The monoisotopic (exact) mass is 567 g/mol. The van der Waals surface area contributed by atoms with E-state index in [4.69, 9.17) is 27.4 Å². The van der Waals surface area contributed by atoms with Crippen LogP contribution in [0.25, 0.3) is 0 Å². The van der Waals surface area contributed by atoms with Crippen LogP contribution < -0.4 is 33.2 Å². The van der Waals surface area contributed by atoms with Gasteiger partial charge < -0.3 is 53.6 Å². The molecule has 0 aromatic heterocycles. The quantitative estimate of drug-likeness (QED) is 0.0504. The molecule has 4 atom stereocenters. The molecule has 13 N–H and O–H groups in total. The van der Waals surface area contributed by atoms with Gasteiger partial charge in [-0.05, 0) is 30.5 Å². The van der Waals surface area contributed by atoms with E-state index in [1.807, 2.05) is 0 Å². The van der Waals surface area contributed by atoms with Crippen LogP contribution in [0.1, 0.15) is 31.2 Å². The molecule has 4 unspecified atom stereocenters. The van der Waals surface area contributed by atoms with Crippen LogP contribution in [0, 0.1) is 0 Å². The fourth-order valence-electron chi connectivity index (χ4n) is 3.33. The molecule has 0 radical (unpaired) electrons. The maximum Gasteiger partial charge on any atom is 0.326 e. The molecule has 0 heterocycles. The number of aliphatic carboxylic acids is 3. The van der Waals surface area contributed by atoms with Gasteiger partial charge in [0.2, 0.25) is 17.7 Å². The molecule has 1 rings (SSSR count). The Bertz CT molecular complexity index is 1110. The molecule has 1 aromatic rings. The molecule has 17 nitrogen and oxygen atoms in total. The van der Waals surface area contributed by atoms with Crippen molar-refractivity contribution in [3.05, 3.63) is 29.8 Å². The smallest absolute Gasteiger partial charge is 0.326 e. The number of hydrogen-bond donors (Lipinski definition) is 10. The minimum atomic E-state index is -1.80. The molecule has 0 fully saturated rings. The fourth-order valence-corrected chi connectivity index (χ4v) is 3.33. The van der Waals surface area contributed by atoms with Crippen molar-refractivity contribution in [2.24, 2.45) is 22.2 Å². The third kappa shape index (κ3) is 12.5. The van der Waals surface area contributed by atoms with E-state index < -0.39 is 72.6 Å². The summed E-state index contributed by atoms with van der Waals surface area (Å²) in [6.07, 6.45) is -1.82. The second-order valence-electron chi connectivity index (χ2n) is 8.64. The Morgan fingerprint density at radius 2 is 1.30 bits per heavy atom. The van der Waals surface area contributed by atoms with E-state index >= 15 is 0 Å². The Hall–Kier alpha value is -4.93. The fraction of sp³-hybridized carbons (Fsp3) is 0.435. The molecule has 0 aliphatic rings. The molecule has 17 heteroatoms. The number of hydrogen-bond acceptors (Lipinski definition) is 9. The van der Waals surface area contributed by atoms with Crippen LogP contribution in [-0.4, -0.2) is 92.7 Å². The van der Waals surface area contributed by atoms with Gasteiger partial charge in [-0.2, -0.15) is 0 Å². The summed E-state index contributed by atoms with van der Waals surface area (Å²) < 4.78 is 0. The number of carboxylic acid groups (broad SMARTS) is 3. The lowest BCUT2D eigenvalue weighted by atomic mass is 10.0. The van der Waals surface area contributed by atoms with E-state index in [2.05, 4.69) is 20.9 Å². The SMILES string of the molecule is NC(N)=NCCCC(NC(=O)C(Cc1ccc(O)cc1)NC(=O)C(N)CC(=O)O)C(=O)NC(CC(=O)O)C(=O)O. The molecule has 3 amide bonds. The number of nitrogens with two attached hydrogens (primary N) is 3. The van der Waals surface area contributed by atoms with Gasteiger partial charge in [-0.3, -0.25) is 29.0 Å². The van der Waals surface area contributed by atoms with Crippen molar-refractivity contribution in [2.45, 2.75) is 56.3 Å². The molecule has 0 spiro atoms. The van der Waals surface area contributed by atoms with Gasteiger partial charge >= 0.3 is 17.9 Å². The lowest BCUT2D eigenvalue weighted by Gasteiger charge is -2.25. The summed E-state index contributed by atoms with van der Waals surface area (Å²) in [5.74, 6) is -7.67. The number of carboxylic acids is 3. The summed E-state index contributed by atoms with van der Waals surface area (Å²) >= 11 is 0. The van der Waals surface area contributed by atoms with Crippen molar-refractivity contribution >= 4 is 41.6 Å². The highest BCUT2D eigenvalue weighted by Gasteiger charge is 2.31. The normalized spacial score (nSPS) is 13.5. The van der Waals surface area contributed by atoms with Crippen LogP contribution in [0.5, 0.6) is 5.75 Å². The highest BCUT2D eigenvalue weighted by Crippen LogP contribution is 2.12. The average Bonchev–Trinajstić information content (AvgIpc) is 2.85. The van der Waals surface area contributed by atoms with Crippen LogP contribution in [0.3, 0.4) is 0 Å². The van der Waals surface area contributed by atoms with Gasteiger partial charge in [-0.15, -0.1) is 0 Å². The highest BCUT2D eigenvalue weighted by molar-refractivity contribution is 5.95. The lowest BCUT2D eigenvalue weighted by molar-refractivity contribution is -0.147. The predicted octanol–water partition coefficient (Wildman–Crippen LogP) is -3.20. The topological polar surface area (TPSA) is 310 Å². The molecule has 0 aliphatic heterocycles. The first-order valence-corrected chi connectivity index (χ1v) is 11.9. The van der Waals surface area contributed by atoms with Crippen molar-refractivity contribution in [3.8, 4) is 5.75 Å². The Morgan fingerprint density at radius 1 is 0.775 bits per heavy atom. The molecular weight excluding hydrogens is 534 g/mol. The maximum atomic E-state index is 13.3. The number of guanidine groups is 1. The van der Waals surface area contributed by atoms with Gasteiger partial charge in [0.05, 0.1) is 18.9 Å². The van der Waals surface area contributed by atoms with Gasteiger partial charge in [0.1, 0.15) is 23.9 Å². The number of carbonyl (C=O) groups excluding carboxylic acids is 3. The number of rotatable bonds is 17. The van der Waals surface area contributed by atoms with Crippen molar-refractivity contribution in [3.63, 3.8) is 0 Å². The Balaban J connectivity index is 3.21. The number of benzene rings is 1. The average molecular weight is 568 g/mol. The molecule has 0 aliphatic carbocycles. The second kappa shape index (κ2) is 16.1. The van der Waals surface area contributed by atoms with E-state index in [-0.39, 0.29) is 37.5 Å². The molecular formula is C23H33N7O10. The number of nitrogens with one attached hydrogen (secondary N) is 3. The van der Waals surface area contributed by atoms with Crippen LogP contribution in [-0.2, 0) is 35.2 Å². The van der Waals surface area contributed by atoms with E-state index in [0.717, 1.165) is 0 Å². The van der Waals surface area contributed by atoms with Crippen LogP contribution >= 0.6 is 0 Å². The number of aliphatic imine (C=N–C) groups is 1. The molecule has 0 saturated carbocycles. The minimum Gasteiger partial charge on any atom is -0.508 e. The second-order valence-corrected chi connectivity index (χ2v) is 8.64. The van der Waals surface area contributed by atoms with E-state index in [1.54, 1.807) is 0 Å². The number of aromatic hydroxyl groups is 1. The van der Waals surface area contributed by atoms with E-state index in [1.165, 1.54) is 24.3 Å². The summed E-state index contributed by atoms with van der Waals surface area (Å²) in [5.41, 5.74) is 16.6. The Labute approximate surface area is 227 Å². The largest absolute Gasteiger partial charge is 0.508 e. The zero-order valence-electron chi connectivity index (χ0n) is 21.3. The number of carbonyl (C=O) groups is 6. The number of phenolic OH excluding ortho intramolecular Hbond substituents is 1. The van der Waals surface area contributed by atoms with Gasteiger partial charge in [0.25, 0.3) is 0 Å².